The van der Waals surface area contributed by atoms with E-state index in [4.69, 9.17) is 33.0 Å². The lowest BCUT2D eigenvalue weighted by atomic mass is 10.2. The van der Waals surface area contributed by atoms with E-state index in [1.54, 1.807) is 18.2 Å². The molecule has 0 spiro atoms. The lowest BCUT2D eigenvalue weighted by Gasteiger charge is -2.21. The molecule has 0 radical (unpaired) electrons. The first-order valence-electron chi connectivity index (χ1n) is 6.12. The molecule has 0 aromatic heterocycles. The number of carbonyl (C=O) groups is 1. The first kappa shape index (κ1) is 17.4. The molecule has 0 amide bonds. The van der Waals surface area contributed by atoms with E-state index in [1.807, 2.05) is 4.90 Å². The molecule has 1 unspecified atom stereocenters. The van der Waals surface area contributed by atoms with Gasteiger partial charge >= 0.3 is 5.97 Å². The monoisotopic (exact) mass is 339 g/mol. The number of nitrogens with zero attached hydrogens (tertiary/aromatic N) is 1. The standard InChI is InChI=1S/C13H15Cl2NO3.ClH/c14-9-3-4-12(10(15)8-9)19-7-6-16-5-1-2-11(16)13(17)18;/h3-4,8,11H,1-2,5-7H2,(H,17,18);1H. The Hall–Kier alpha value is -0.680. The number of ether oxygens (including phenoxy) is 1. The fraction of sp³-hybridized carbons (Fsp3) is 0.462. The predicted molar refractivity (Wildman–Crippen MR) is 81.4 cm³/mol. The summed E-state index contributed by atoms with van der Waals surface area (Å²) in [6.45, 7) is 1.79. The molecule has 1 aliphatic heterocycles. The van der Waals surface area contributed by atoms with Crippen molar-refractivity contribution in [2.45, 2.75) is 18.9 Å². The van der Waals surface area contributed by atoms with Crippen LogP contribution in [0.15, 0.2) is 18.2 Å². The van der Waals surface area contributed by atoms with Crippen molar-refractivity contribution in [1.82, 2.24) is 4.90 Å². The molecule has 1 fully saturated rings. The highest BCUT2D eigenvalue weighted by Crippen LogP contribution is 2.27. The number of likely N-dealkylation sites (tertiary alicyclic amines) is 1. The van der Waals surface area contributed by atoms with Gasteiger partial charge < -0.3 is 9.84 Å². The van der Waals surface area contributed by atoms with Gasteiger partial charge in [0, 0.05) is 11.6 Å². The van der Waals surface area contributed by atoms with E-state index in [2.05, 4.69) is 0 Å². The lowest BCUT2D eigenvalue weighted by molar-refractivity contribution is -0.142. The zero-order chi connectivity index (χ0) is 13.8. The average molecular weight is 341 g/mol. The Morgan fingerprint density at radius 2 is 2.20 bits per heavy atom. The number of hydrogen-bond acceptors (Lipinski definition) is 3. The molecule has 1 N–H and O–H groups in total. The Morgan fingerprint density at radius 3 is 2.85 bits per heavy atom. The number of halogens is 3. The van der Waals surface area contributed by atoms with Gasteiger partial charge in [-0.2, -0.15) is 0 Å². The van der Waals surface area contributed by atoms with Crippen molar-refractivity contribution in [3.8, 4) is 5.75 Å². The maximum atomic E-state index is 11.0. The second-order valence-electron chi connectivity index (χ2n) is 4.46. The number of carboxylic acid groups (broad SMARTS) is 1. The van der Waals surface area contributed by atoms with Gasteiger partial charge in [0.2, 0.25) is 0 Å². The van der Waals surface area contributed by atoms with E-state index >= 15 is 0 Å². The van der Waals surface area contributed by atoms with E-state index in [9.17, 15) is 4.79 Å². The normalized spacial score (nSPS) is 18.6. The topological polar surface area (TPSA) is 49.8 Å². The molecule has 20 heavy (non-hydrogen) atoms. The molecule has 7 heteroatoms. The maximum Gasteiger partial charge on any atom is 0.320 e. The van der Waals surface area contributed by atoms with Crippen LogP contribution >= 0.6 is 35.6 Å². The number of aliphatic carboxylic acids is 1. The highest BCUT2D eigenvalue weighted by atomic mass is 35.5. The van der Waals surface area contributed by atoms with Crippen LogP contribution in [0.2, 0.25) is 10.0 Å². The van der Waals surface area contributed by atoms with Crippen molar-refractivity contribution in [2.24, 2.45) is 0 Å². The van der Waals surface area contributed by atoms with Crippen LogP contribution in [-0.4, -0.2) is 41.7 Å². The molecule has 1 saturated heterocycles. The number of carboxylic acids is 1. The Kier molecular flexibility index (Phi) is 6.89. The zero-order valence-corrected chi connectivity index (χ0v) is 13.0. The Balaban J connectivity index is 0.00000200. The van der Waals surface area contributed by atoms with Crippen molar-refractivity contribution in [2.75, 3.05) is 19.7 Å². The molecule has 1 aromatic rings. The molecular formula is C13H16Cl3NO3. The van der Waals surface area contributed by atoms with Gasteiger partial charge in [-0.3, -0.25) is 9.69 Å². The summed E-state index contributed by atoms with van der Waals surface area (Å²) in [6, 6.07) is 4.65. The van der Waals surface area contributed by atoms with Gasteiger partial charge in [-0.05, 0) is 37.6 Å². The Labute approximate surface area is 134 Å². The molecule has 1 aromatic carbocycles. The second-order valence-corrected chi connectivity index (χ2v) is 5.30. The van der Waals surface area contributed by atoms with Crippen LogP contribution in [-0.2, 0) is 4.79 Å². The molecule has 1 aliphatic rings. The van der Waals surface area contributed by atoms with Gasteiger partial charge in [0.05, 0.1) is 5.02 Å². The third-order valence-corrected chi connectivity index (χ3v) is 3.71. The van der Waals surface area contributed by atoms with E-state index in [0.29, 0.717) is 35.4 Å². The van der Waals surface area contributed by atoms with Crippen molar-refractivity contribution in [1.29, 1.82) is 0 Å². The first-order chi connectivity index (χ1) is 9.08. The van der Waals surface area contributed by atoms with Gasteiger partial charge in [0.15, 0.2) is 0 Å². The van der Waals surface area contributed by atoms with Crippen LogP contribution in [0.5, 0.6) is 5.75 Å². The molecule has 0 saturated carbocycles. The molecule has 4 nitrogen and oxygen atoms in total. The maximum absolute atomic E-state index is 11.0. The van der Waals surface area contributed by atoms with Gasteiger partial charge in [0.25, 0.3) is 0 Å². The van der Waals surface area contributed by atoms with Crippen LogP contribution in [0.4, 0.5) is 0 Å². The smallest absolute Gasteiger partial charge is 0.320 e. The summed E-state index contributed by atoms with van der Waals surface area (Å²) in [5.41, 5.74) is 0. The van der Waals surface area contributed by atoms with E-state index in [1.165, 1.54) is 0 Å². The molecule has 112 valence electrons. The van der Waals surface area contributed by atoms with Crippen molar-refractivity contribution in [3.63, 3.8) is 0 Å². The van der Waals surface area contributed by atoms with Gasteiger partial charge in [-0.25, -0.2) is 0 Å². The summed E-state index contributed by atoms with van der Waals surface area (Å²) in [5.74, 6) is -0.195. The quantitative estimate of drug-likeness (QED) is 0.893. The molecular weight excluding hydrogens is 325 g/mol. The zero-order valence-electron chi connectivity index (χ0n) is 10.7. The summed E-state index contributed by atoms with van der Waals surface area (Å²) in [6.07, 6.45) is 1.62. The third-order valence-electron chi connectivity index (χ3n) is 3.18. The Bertz CT molecular complexity index is 470. The average Bonchev–Trinajstić information content (AvgIpc) is 2.80. The van der Waals surface area contributed by atoms with Crippen LogP contribution in [0.25, 0.3) is 0 Å². The summed E-state index contributed by atoms with van der Waals surface area (Å²) >= 11 is 11.8. The summed E-state index contributed by atoms with van der Waals surface area (Å²) in [7, 11) is 0. The summed E-state index contributed by atoms with van der Waals surface area (Å²) in [5, 5.41) is 10.1. The summed E-state index contributed by atoms with van der Waals surface area (Å²) in [4.78, 5) is 12.9. The number of hydrogen-bond donors (Lipinski definition) is 1. The fourth-order valence-electron chi connectivity index (χ4n) is 2.24. The second kappa shape index (κ2) is 7.93. The van der Waals surface area contributed by atoms with Crippen LogP contribution in [0.1, 0.15) is 12.8 Å². The number of rotatable bonds is 5. The Morgan fingerprint density at radius 1 is 1.45 bits per heavy atom. The van der Waals surface area contributed by atoms with Crippen LogP contribution in [0.3, 0.4) is 0 Å². The molecule has 0 aliphatic carbocycles. The highest BCUT2D eigenvalue weighted by molar-refractivity contribution is 6.35. The van der Waals surface area contributed by atoms with Crippen LogP contribution < -0.4 is 4.74 Å². The minimum atomic E-state index is -0.762. The molecule has 1 atom stereocenters. The van der Waals surface area contributed by atoms with Crippen molar-refractivity contribution in [3.05, 3.63) is 28.2 Å². The van der Waals surface area contributed by atoms with Gasteiger partial charge in [0.1, 0.15) is 18.4 Å². The molecule has 0 bridgehead atoms. The molecule has 1 heterocycles. The van der Waals surface area contributed by atoms with Gasteiger partial charge in [-0.1, -0.05) is 23.2 Å². The van der Waals surface area contributed by atoms with Crippen LogP contribution in [0, 0.1) is 0 Å². The van der Waals surface area contributed by atoms with E-state index in [0.717, 1.165) is 13.0 Å². The largest absolute Gasteiger partial charge is 0.491 e. The van der Waals surface area contributed by atoms with E-state index < -0.39 is 5.97 Å². The minimum Gasteiger partial charge on any atom is -0.491 e. The minimum absolute atomic E-state index is 0. The summed E-state index contributed by atoms with van der Waals surface area (Å²) < 4.78 is 5.56. The third kappa shape index (κ3) is 4.42. The predicted octanol–water partition coefficient (Wildman–Crippen LogP) is 3.34. The van der Waals surface area contributed by atoms with Crippen molar-refractivity contribution >= 4 is 41.6 Å². The molecule has 2 rings (SSSR count). The SMILES string of the molecule is Cl.O=C(O)C1CCCN1CCOc1ccc(Cl)cc1Cl. The first-order valence-corrected chi connectivity index (χ1v) is 6.88. The van der Waals surface area contributed by atoms with Gasteiger partial charge in [-0.15, -0.1) is 12.4 Å². The van der Waals surface area contributed by atoms with Crippen molar-refractivity contribution < 1.29 is 14.6 Å². The number of benzene rings is 1. The fourth-order valence-corrected chi connectivity index (χ4v) is 2.70. The van der Waals surface area contributed by atoms with E-state index in [-0.39, 0.29) is 18.4 Å². The highest BCUT2D eigenvalue weighted by Gasteiger charge is 2.29. The lowest BCUT2D eigenvalue weighted by Crippen LogP contribution is -2.38.